The second-order valence-corrected chi connectivity index (χ2v) is 11.1. The van der Waals surface area contributed by atoms with E-state index in [1.165, 1.54) is 29.8 Å². The standard InChI is InChI=1S/C28H31ClN4O4S/c1-2-37-27-11-7-6-10-26(27)33(38(35,36)25-14-12-23(29)13-15-25)21-28(34)31-30-24-16-18-32(19-17-24)20-22-8-4-3-5-9-22/h3-15H,2,16-21H2,1H3,(H,31,34). The van der Waals surface area contributed by atoms with Crippen LogP contribution in [-0.2, 0) is 21.4 Å². The van der Waals surface area contributed by atoms with Crippen LogP contribution in [0.15, 0.2) is 88.9 Å². The van der Waals surface area contributed by atoms with Crippen molar-refractivity contribution in [1.29, 1.82) is 0 Å². The van der Waals surface area contributed by atoms with Gasteiger partial charge in [0, 0.05) is 43.2 Å². The maximum atomic E-state index is 13.6. The topological polar surface area (TPSA) is 91.3 Å². The molecule has 1 N–H and O–H groups in total. The lowest BCUT2D eigenvalue weighted by Crippen LogP contribution is -2.40. The molecule has 1 aliphatic rings. The average Bonchev–Trinajstić information content (AvgIpc) is 2.93. The highest BCUT2D eigenvalue weighted by Crippen LogP contribution is 2.32. The van der Waals surface area contributed by atoms with Crippen LogP contribution in [0.25, 0.3) is 0 Å². The predicted octanol–water partition coefficient (Wildman–Crippen LogP) is 4.70. The number of sulfonamides is 1. The lowest BCUT2D eigenvalue weighted by molar-refractivity contribution is -0.119. The molecule has 38 heavy (non-hydrogen) atoms. The summed E-state index contributed by atoms with van der Waals surface area (Å²) in [6.45, 7) is 4.23. The first-order valence-electron chi connectivity index (χ1n) is 12.5. The summed E-state index contributed by atoms with van der Waals surface area (Å²) in [5.41, 5.74) is 4.97. The van der Waals surface area contributed by atoms with Crippen LogP contribution in [0.4, 0.5) is 5.69 Å². The van der Waals surface area contributed by atoms with Gasteiger partial charge in [-0.05, 0) is 48.9 Å². The molecule has 8 nitrogen and oxygen atoms in total. The summed E-state index contributed by atoms with van der Waals surface area (Å²) >= 11 is 5.96. The number of rotatable bonds is 10. The van der Waals surface area contributed by atoms with Gasteiger partial charge >= 0.3 is 0 Å². The fraction of sp³-hybridized carbons (Fsp3) is 0.286. The van der Waals surface area contributed by atoms with Crippen molar-refractivity contribution in [2.75, 3.05) is 30.5 Å². The van der Waals surface area contributed by atoms with Crippen LogP contribution in [-0.4, -0.2) is 51.2 Å². The van der Waals surface area contributed by atoms with Gasteiger partial charge in [0.05, 0.1) is 17.2 Å². The summed E-state index contributed by atoms with van der Waals surface area (Å²) in [4.78, 5) is 15.3. The number of carbonyl (C=O) groups excluding carboxylic acids is 1. The van der Waals surface area contributed by atoms with Gasteiger partial charge in [-0.3, -0.25) is 14.0 Å². The number of hydrogen-bond donors (Lipinski definition) is 1. The third-order valence-electron chi connectivity index (χ3n) is 6.14. The number of nitrogens with one attached hydrogen (secondary N) is 1. The zero-order valence-corrected chi connectivity index (χ0v) is 22.8. The third-order valence-corrected chi connectivity index (χ3v) is 8.17. The third kappa shape index (κ3) is 7.12. The number of ether oxygens (including phenoxy) is 1. The number of benzene rings is 3. The number of amides is 1. The number of hydrogen-bond acceptors (Lipinski definition) is 6. The summed E-state index contributed by atoms with van der Waals surface area (Å²) < 4.78 is 34.0. The van der Waals surface area contributed by atoms with Crippen molar-refractivity contribution in [1.82, 2.24) is 10.3 Å². The van der Waals surface area contributed by atoms with Crippen molar-refractivity contribution in [3.8, 4) is 5.75 Å². The zero-order chi connectivity index (χ0) is 27.0. The first-order chi connectivity index (χ1) is 18.4. The van der Waals surface area contributed by atoms with Gasteiger partial charge in [0.15, 0.2) is 0 Å². The number of anilines is 1. The van der Waals surface area contributed by atoms with Crippen LogP contribution in [0.5, 0.6) is 5.75 Å². The molecule has 0 spiro atoms. The lowest BCUT2D eigenvalue weighted by Gasteiger charge is -2.27. The quantitative estimate of drug-likeness (QED) is 0.367. The molecule has 3 aromatic rings. The minimum absolute atomic E-state index is 0.0121. The van der Waals surface area contributed by atoms with E-state index in [-0.39, 0.29) is 10.6 Å². The van der Waals surface area contributed by atoms with Crippen LogP contribution in [0.3, 0.4) is 0 Å². The van der Waals surface area contributed by atoms with E-state index in [0.29, 0.717) is 17.4 Å². The van der Waals surface area contributed by atoms with E-state index < -0.39 is 22.5 Å². The summed E-state index contributed by atoms with van der Waals surface area (Å²) in [5, 5.41) is 4.73. The molecule has 3 aromatic carbocycles. The molecule has 0 atom stereocenters. The van der Waals surface area contributed by atoms with Crippen molar-refractivity contribution in [2.45, 2.75) is 31.2 Å². The lowest BCUT2D eigenvalue weighted by atomic mass is 10.1. The Morgan fingerprint density at radius 2 is 1.66 bits per heavy atom. The highest BCUT2D eigenvalue weighted by atomic mass is 35.5. The molecule has 200 valence electrons. The van der Waals surface area contributed by atoms with Gasteiger partial charge in [0.1, 0.15) is 12.3 Å². The molecular weight excluding hydrogens is 524 g/mol. The number of halogens is 1. The molecule has 0 aliphatic carbocycles. The second-order valence-electron chi connectivity index (χ2n) is 8.84. The largest absolute Gasteiger partial charge is 0.492 e. The Balaban J connectivity index is 1.46. The van der Waals surface area contributed by atoms with Gasteiger partial charge in [0.2, 0.25) is 0 Å². The van der Waals surface area contributed by atoms with E-state index in [1.54, 1.807) is 24.3 Å². The molecule has 1 heterocycles. The Morgan fingerprint density at radius 3 is 2.34 bits per heavy atom. The molecule has 0 aromatic heterocycles. The molecule has 1 fully saturated rings. The Morgan fingerprint density at radius 1 is 1.00 bits per heavy atom. The zero-order valence-electron chi connectivity index (χ0n) is 21.2. The second kappa shape index (κ2) is 12.9. The first-order valence-corrected chi connectivity index (χ1v) is 14.3. The smallest absolute Gasteiger partial charge is 0.264 e. The van der Waals surface area contributed by atoms with Crippen LogP contribution in [0.1, 0.15) is 25.3 Å². The Bertz CT molecular complexity index is 1360. The number of carbonyl (C=O) groups is 1. The van der Waals surface area contributed by atoms with Gasteiger partial charge in [0.25, 0.3) is 15.9 Å². The van der Waals surface area contributed by atoms with Gasteiger partial charge in [-0.1, -0.05) is 54.1 Å². The number of likely N-dealkylation sites (tertiary alicyclic amines) is 1. The maximum Gasteiger partial charge on any atom is 0.264 e. The normalized spacial score (nSPS) is 14.1. The molecule has 1 amide bonds. The molecule has 0 bridgehead atoms. The van der Waals surface area contributed by atoms with Crippen molar-refractivity contribution in [2.24, 2.45) is 5.10 Å². The SMILES string of the molecule is CCOc1ccccc1N(CC(=O)NN=C1CCN(Cc2ccccc2)CC1)S(=O)(=O)c1ccc(Cl)cc1. The molecule has 0 unspecified atom stereocenters. The van der Waals surface area contributed by atoms with E-state index in [9.17, 15) is 13.2 Å². The number of nitrogens with zero attached hydrogens (tertiary/aromatic N) is 3. The molecule has 1 aliphatic heterocycles. The van der Waals surface area contributed by atoms with Gasteiger partial charge in [-0.2, -0.15) is 5.10 Å². The predicted molar refractivity (Wildman–Crippen MR) is 150 cm³/mol. The van der Waals surface area contributed by atoms with Crippen molar-refractivity contribution >= 4 is 38.9 Å². The van der Waals surface area contributed by atoms with Crippen molar-refractivity contribution < 1.29 is 17.9 Å². The van der Waals surface area contributed by atoms with Crippen LogP contribution < -0.4 is 14.5 Å². The minimum Gasteiger partial charge on any atom is -0.492 e. The summed E-state index contributed by atoms with van der Waals surface area (Å²) in [5.74, 6) is -0.189. The van der Waals surface area contributed by atoms with E-state index in [1.807, 2.05) is 25.1 Å². The highest BCUT2D eigenvalue weighted by molar-refractivity contribution is 7.92. The molecule has 10 heteroatoms. The monoisotopic (exact) mass is 554 g/mol. The van der Waals surface area contributed by atoms with Gasteiger partial charge in [-0.25, -0.2) is 13.8 Å². The number of piperidine rings is 1. The molecule has 4 rings (SSSR count). The fourth-order valence-corrected chi connectivity index (χ4v) is 5.76. The van der Waals surface area contributed by atoms with E-state index in [4.69, 9.17) is 16.3 Å². The van der Waals surface area contributed by atoms with Crippen molar-refractivity contribution in [3.63, 3.8) is 0 Å². The van der Waals surface area contributed by atoms with Gasteiger partial charge in [-0.15, -0.1) is 0 Å². The summed E-state index contributed by atoms with van der Waals surface area (Å²) in [6, 6.07) is 22.8. The highest BCUT2D eigenvalue weighted by Gasteiger charge is 2.29. The Kier molecular flexibility index (Phi) is 9.38. The Hall–Kier alpha value is -3.40. The maximum absolute atomic E-state index is 13.6. The number of hydrazone groups is 1. The van der Waals surface area contributed by atoms with Crippen molar-refractivity contribution in [3.05, 3.63) is 89.4 Å². The summed E-state index contributed by atoms with van der Waals surface area (Å²) in [6.07, 6.45) is 1.46. The minimum atomic E-state index is -4.11. The molecule has 1 saturated heterocycles. The first kappa shape index (κ1) is 27.6. The molecular formula is C28H31ClN4O4S. The van der Waals surface area contributed by atoms with E-state index in [0.717, 1.165) is 42.5 Å². The van der Waals surface area contributed by atoms with E-state index in [2.05, 4.69) is 27.6 Å². The summed E-state index contributed by atoms with van der Waals surface area (Å²) in [7, 11) is -4.11. The average molecular weight is 555 g/mol. The van der Waals surface area contributed by atoms with Crippen LogP contribution >= 0.6 is 11.6 Å². The van der Waals surface area contributed by atoms with Crippen LogP contribution in [0, 0.1) is 0 Å². The van der Waals surface area contributed by atoms with Crippen LogP contribution in [0.2, 0.25) is 5.02 Å². The fourth-order valence-electron chi connectivity index (χ4n) is 4.20. The van der Waals surface area contributed by atoms with E-state index >= 15 is 0 Å². The molecule has 0 saturated carbocycles. The van der Waals surface area contributed by atoms with Gasteiger partial charge < -0.3 is 4.74 Å². The Labute approximate surface area is 228 Å². The molecule has 0 radical (unpaired) electrons. The number of para-hydroxylation sites is 2.